The highest BCUT2D eigenvalue weighted by molar-refractivity contribution is 5.91. The third-order valence-corrected chi connectivity index (χ3v) is 8.42. The van der Waals surface area contributed by atoms with E-state index in [0.717, 1.165) is 36.7 Å². The maximum atomic E-state index is 15.6. The van der Waals surface area contributed by atoms with Crippen molar-refractivity contribution in [1.29, 1.82) is 0 Å². The predicted octanol–water partition coefficient (Wildman–Crippen LogP) is 5.98. The first kappa shape index (κ1) is 26.8. The molecule has 43 heavy (non-hydrogen) atoms. The zero-order chi connectivity index (χ0) is 29.7. The lowest BCUT2D eigenvalue weighted by molar-refractivity contribution is -0.131. The number of aromatic nitrogens is 5. The van der Waals surface area contributed by atoms with Crippen LogP contribution in [0.1, 0.15) is 31.2 Å². The molecule has 5 heterocycles. The van der Waals surface area contributed by atoms with Gasteiger partial charge < -0.3 is 24.3 Å². The Kier molecular flexibility index (Phi) is 6.64. The van der Waals surface area contributed by atoms with E-state index in [9.17, 15) is 4.79 Å². The second-order valence-electron chi connectivity index (χ2n) is 11.1. The Morgan fingerprint density at radius 2 is 1.88 bits per heavy atom. The van der Waals surface area contributed by atoms with E-state index in [1.54, 1.807) is 37.6 Å². The molecule has 0 saturated carbocycles. The molecule has 2 aliphatic heterocycles. The Labute approximate surface area is 247 Å². The molecular formula is C32H30FN7O3. The third-order valence-electron chi connectivity index (χ3n) is 8.42. The average Bonchev–Trinajstić information content (AvgIpc) is 3.52. The van der Waals surface area contributed by atoms with Gasteiger partial charge in [-0.3, -0.25) is 4.79 Å². The Hall–Kier alpha value is -5.06. The van der Waals surface area contributed by atoms with Crippen molar-refractivity contribution in [2.45, 2.75) is 50.8 Å². The van der Waals surface area contributed by atoms with Crippen LogP contribution in [0.2, 0.25) is 0 Å². The summed E-state index contributed by atoms with van der Waals surface area (Å²) in [5.74, 6) is 1.36. The molecule has 2 aromatic carbocycles. The molecule has 0 aliphatic carbocycles. The first-order chi connectivity index (χ1) is 20.9. The molecule has 0 spiro atoms. The number of nitrogens with one attached hydrogen (secondary N) is 1. The minimum atomic E-state index is -0.454. The smallest absolute Gasteiger partial charge is 0.246 e. The van der Waals surface area contributed by atoms with Crippen molar-refractivity contribution in [1.82, 2.24) is 29.4 Å². The maximum absolute atomic E-state index is 15.6. The van der Waals surface area contributed by atoms with Gasteiger partial charge >= 0.3 is 0 Å². The van der Waals surface area contributed by atoms with E-state index in [2.05, 4.69) is 31.8 Å². The van der Waals surface area contributed by atoms with Gasteiger partial charge in [-0.2, -0.15) is 0 Å². The Morgan fingerprint density at radius 3 is 2.67 bits per heavy atom. The van der Waals surface area contributed by atoms with Gasteiger partial charge in [0.05, 0.1) is 34.8 Å². The molecule has 2 aliphatic rings. The zero-order valence-electron chi connectivity index (χ0n) is 23.8. The largest absolute Gasteiger partial charge is 0.474 e. The minimum absolute atomic E-state index is 0.0179. The number of hydrogen-bond acceptors (Lipinski definition) is 8. The van der Waals surface area contributed by atoms with Gasteiger partial charge in [0, 0.05) is 55.1 Å². The number of halogens is 1. The van der Waals surface area contributed by atoms with E-state index in [1.165, 1.54) is 12.4 Å². The van der Waals surface area contributed by atoms with Gasteiger partial charge in [-0.05, 0) is 50.1 Å². The summed E-state index contributed by atoms with van der Waals surface area (Å²) >= 11 is 0. The molecule has 2 atom stereocenters. The number of hydrogen-bond donors (Lipinski definition) is 1. The molecule has 218 valence electrons. The summed E-state index contributed by atoms with van der Waals surface area (Å²) in [5.41, 5.74) is 2.98. The number of benzene rings is 2. The van der Waals surface area contributed by atoms with E-state index in [4.69, 9.17) is 9.47 Å². The van der Waals surface area contributed by atoms with Crippen LogP contribution in [0.3, 0.4) is 0 Å². The molecule has 1 amide bonds. The number of pyridine rings is 1. The van der Waals surface area contributed by atoms with E-state index >= 15 is 4.39 Å². The van der Waals surface area contributed by atoms with Crippen LogP contribution in [-0.4, -0.2) is 53.5 Å². The van der Waals surface area contributed by atoms with Crippen molar-refractivity contribution >= 4 is 39.3 Å². The van der Waals surface area contributed by atoms with Crippen molar-refractivity contribution in [3.05, 3.63) is 79.3 Å². The van der Waals surface area contributed by atoms with Crippen LogP contribution >= 0.6 is 0 Å². The van der Waals surface area contributed by atoms with Crippen molar-refractivity contribution < 1.29 is 18.7 Å². The van der Waals surface area contributed by atoms with E-state index in [0.29, 0.717) is 39.7 Å². The minimum Gasteiger partial charge on any atom is -0.474 e. The highest BCUT2D eigenvalue weighted by Crippen LogP contribution is 2.38. The molecule has 2 fully saturated rings. The number of carbonyl (C=O) groups is 1. The Morgan fingerprint density at radius 1 is 1.07 bits per heavy atom. The average molecular weight is 580 g/mol. The Bertz CT molecular complexity index is 1880. The zero-order valence-corrected chi connectivity index (χ0v) is 23.8. The Balaban J connectivity index is 1.10. The highest BCUT2D eigenvalue weighted by atomic mass is 19.1. The number of ether oxygens (including phenoxy) is 2. The first-order valence-corrected chi connectivity index (χ1v) is 14.2. The summed E-state index contributed by atoms with van der Waals surface area (Å²) in [6.45, 7) is 5.32. The van der Waals surface area contributed by atoms with E-state index in [1.807, 2.05) is 34.7 Å². The predicted molar refractivity (Wildman–Crippen MR) is 160 cm³/mol. The molecule has 11 heteroatoms. The normalized spacial score (nSPS) is 19.5. The van der Waals surface area contributed by atoms with Crippen LogP contribution in [0.5, 0.6) is 17.4 Å². The summed E-state index contributed by atoms with van der Waals surface area (Å²) in [6, 6.07) is 11.0. The first-order valence-electron chi connectivity index (χ1n) is 14.2. The monoisotopic (exact) mass is 579 g/mol. The number of anilines is 2. The molecule has 5 aromatic rings. The lowest BCUT2D eigenvalue weighted by atomic mass is 9.99. The molecule has 1 N–H and O–H groups in total. The molecule has 2 unspecified atom stereocenters. The van der Waals surface area contributed by atoms with Crippen LogP contribution < -0.4 is 14.8 Å². The number of imidazole rings is 1. The van der Waals surface area contributed by atoms with Gasteiger partial charge in [-0.15, -0.1) is 0 Å². The molecule has 2 saturated heterocycles. The van der Waals surface area contributed by atoms with Crippen LogP contribution in [0, 0.1) is 12.7 Å². The topological polar surface area (TPSA) is 107 Å². The van der Waals surface area contributed by atoms with Crippen molar-refractivity contribution in [3.8, 4) is 17.4 Å². The number of carbonyl (C=O) groups excluding carboxylic acids is 1. The standard InChI is InChI=1S/C32H30FN7O3/c1-4-30(41)40-19-5-6-20(40)12-22(11-19)43-29-14-23-26(15-34-29)35-16-36-32(23)38-24-8-10-28(18(2)31(24)33)42-21-7-9-27-25(13-21)37-17-39(27)3/h4,7-10,13-17,19-20,22H,1,5-6,11-12H2,2-3H3,(H,35,36,38). The molecule has 10 nitrogen and oxygen atoms in total. The molecular weight excluding hydrogens is 549 g/mol. The summed E-state index contributed by atoms with van der Waals surface area (Å²) in [6.07, 6.45) is 9.50. The second-order valence-corrected chi connectivity index (χ2v) is 11.1. The van der Waals surface area contributed by atoms with Gasteiger partial charge in [0.25, 0.3) is 0 Å². The summed E-state index contributed by atoms with van der Waals surface area (Å²) in [4.78, 5) is 31.8. The van der Waals surface area contributed by atoms with Gasteiger partial charge in [-0.1, -0.05) is 6.58 Å². The fourth-order valence-electron chi connectivity index (χ4n) is 6.27. The number of amides is 1. The molecule has 0 radical (unpaired) electrons. The second kappa shape index (κ2) is 10.6. The summed E-state index contributed by atoms with van der Waals surface area (Å²) in [5, 5.41) is 3.77. The number of aryl methyl sites for hydroxylation is 1. The molecule has 7 rings (SSSR count). The lowest BCUT2D eigenvalue weighted by Crippen LogP contribution is -2.48. The molecule has 3 aromatic heterocycles. The quantitative estimate of drug-likeness (QED) is 0.235. The SMILES string of the molecule is C=CC(=O)N1C2CCC1CC(Oc1cc3c(Nc4ccc(Oc5ccc6c(c5)ncn6C)c(C)c4F)ncnc3cn1)C2. The van der Waals surface area contributed by atoms with E-state index in [-0.39, 0.29) is 29.8 Å². The fraction of sp³-hybridized carbons (Fsp3) is 0.281. The summed E-state index contributed by atoms with van der Waals surface area (Å²) in [7, 11) is 1.93. The number of fused-ring (bicyclic) bond motifs is 4. The van der Waals surface area contributed by atoms with Gasteiger partial charge in [0.15, 0.2) is 5.82 Å². The maximum Gasteiger partial charge on any atom is 0.246 e. The van der Waals surface area contributed by atoms with Crippen molar-refractivity contribution in [2.24, 2.45) is 7.05 Å². The van der Waals surface area contributed by atoms with Gasteiger partial charge in [-0.25, -0.2) is 24.3 Å². The van der Waals surface area contributed by atoms with Crippen LogP contribution in [0.25, 0.3) is 21.9 Å². The number of nitrogens with zero attached hydrogens (tertiary/aromatic N) is 6. The van der Waals surface area contributed by atoms with Gasteiger partial charge in [0.2, 0.25) is 11.8 Å². The van der Waals surface area contributed by atoms with Crippen LogP contribution in [-0.2, 0) is 11.8 Å². The lowest BCUT2D eigenvalue weighted by Gasteiger charge is -2.38. The highest BCUT2D eigenvalue weighted by Gasteiger charge is 2.43. The number of rotatable bonds is 7. The van der Waals surface area contributed by atoms with Crippen LogP contribution in [0.15, 0.2) is 67.9 Å². The van der Waals surface area contributed by atoms with E-state index < -0.39 is 5.82 Å². The summed E-state index contributed by atoms with van der Waals surface area (Å²) < 4.78 is 29.9. The van der Waals surface area contributed by atoms with Crippen molar-refractivity contribution in [3.63, 3.8) is 0 Å². The molecule has 2 bridgehead atoms. The third kappa shape index (κ3) is 4.90. The van der Waals surface area contributed by atoms with Crippen molar-refractivity contribution in [2.75, 3.05) is 5.32 Å². The number of piperidine rings is 1. The van der Waals surface area contributed by atoms with Gasteiger partial charge in [0.1, 0.15) is 29.7 Å². The fourth-order valence-corrected chi connectivity index (χ4v) is 6.27. The van der Waals surface area contributed by atoms with Crippen LogP contribution in [0.4, 0.5) is 15.9 Å².